The van der Waals surface area contributed by atoms with E-state index in [1.165, 1.54) is 22.3 Å². The molecule has 0 saturated carbocycles. The van der Waals surface area contributed by atoms with Crippen molar-refractivity contribution in [1.82, 2.24) is 0 Å². The predicted octanol–water partition coefficient (Wildman–Crippen LogP) is 6.55. The largest absolute Gasteiger partial charge is 0.750 e. The summed E-state index contributed by atoms with van der Waals surface area (Å²) in [6.07, 6.45) is 4.24. The van der Waals surface area contributed by atoms with Gasteiger partial charge in [0.25, 0.3) is 0 Å². The molecule has 30 heavy (non-hydrogen) atoms. The molecular weight excluding hydrogens is 392 g/mol. The molecule has 0 spiro atoms. The molecule has 0 fully saturated rings. The van der Waals surface area contributed by atoms with Crippen molar-refractivity contribution in [3.05, 3.63) is 132 Å². The molecule has 1 unspecified atom stereocenters. The third-order valence-electron chi connectivity index (χ3n) is 3.95. The molecule has 4 rings (SSSR count). The van der Waals surface area contributed by atoms with Crippen molar-refractivity contribution in [3.8, 4) is 11.1 Å². The third kappa shape index (κ3) is 9.75. The Morgan fingerprint density at radius 1 is 0.533 bits per heavy atom. The lowest BCUT2D eigenvalue weighted by atomic mass is 10.1. The van der Waals surface area contributed by atoms with Gasteiger partial charge in [0.1, 0.15) is 0 Å². The van der Waals surface area contributed by atoms with Crippen LogP contribution in [0.1, 0.15) is 11.1 Å². The zero-order valence-electron chi connectivity index (χ0n) is 16.4. The summed E-state index contributed by atoms with van der Waals surface area (Å²) in [7, 11) is 0. The van der Waals surface area contributed by atoms with Crippen LogP contribution in [0, 0.1) is 0 Å². The van der Waals surface area contributed by atoms with E-state index in [1.807, 2.05) is 48.5 Å². The molecule has 0 saturated heterocycles. The van der Waals surface area contributed by atoms with Crippen LogP contribution in [0.2, 0.25) is 0 Å². The second-order valence-corrected chi connectivity index (χ2v) is 6.54. The first-order valence-corrected chi connectivity index (χ1v) is 10.4. The maximum absolute atomic E-state index is 8.56. The highest BCUT2D eigenvalue weighted by Gasteiger charge is 1.91. The molecule has 4 aromatic carbocycles. The molecule has 1 atom stereocenters. The summed E-state index contributed by atoms with van der Waals surface area (Å²) < 4.78 is 24.1. The zero-order chi connectivity index (χ0) is 21.4. The van der Waals surface area contributed by atoms with Gasteiger partial charge in [-0.1, -0.05) is 133 Å². The quantitative estimate of drug-likeness (QED) is 0.305. The Bertz CT molecular complexity index is 920. The number of rotatable bonds is 3. The van der Waals surface area contributed by atoms with E-state index in [0.717, 1.165) is 0 Å². The molecule has 0 aromatic heterocycles. The van der Waals surface area contributed by atoms with E-state index in [4.69, 9.17) is 13.3 Å². The Morgan fingerprint density at radius 2 is 0.767 bits per heavy atom. The fourth-order valence-electron chi connectivity index (χ4n) is 2.58. The number of benzene rings is 4. The van der Waals surface area contributed by atoms with Gasteiger partial charge in [-0.05, 0) is 22.3 Å². The third-order valence-corrected chi connectivity index (χ3v) is 3.95. The van der Waals surface area contributed by atoms with Crippen molar-refractivity contribution in [1.29, 1.82) is 0 Å². The predicted molar refractivity (Wildman–Crippen MR) is 125 cm³/mol. The minimum Gasteiger partial charge on any atom is -0.750 e. The second kappa shape index (κ2) is 13.8. The van der Waals surface area contributed by atoms with Gasteiger partial charge in [-0.25, -0.2) is 4.21 Å². The zero-order valence-corrected chi connectivity index (χ0v) is 17.2. The monoisotopic (exact) mass is 415 g/mol. The Kier molecular flexibility index (Phi) is 10.6. The Balaban J connectivity index is 0.000000183. The molecule has 3 nitrogen and oxygen atoms in total. The highest BCUT2D eigenvalue weighted by Crippen LogP contribution is 2.17. The molecule has 0 aliphatic heterocycles. The summed E-state index contributed by atoms with van der Waals surface area (Å²) in [5.41, 5.74) is 5.02. The molecule has 0 amide bonds. The number of hydrogen-bond donors (Lipinski definition) is 1. The van der Waals surface area contributed by atoms with Crippen molar-refractivity contribution in [2.45, 2.75) is 0 Å². The van der Waals surface area contributed by atoms with Crippen LogP contribution in [0.25, 0.3) is 23.3 Å². The van der Waals surface area contributed by atoms with Gasteiger partial charge < -0.3 is 9.11 Å². The van der Waals surface area contributed by atoms with Crippen molar-refractivity contribution >= 4 is 23.5 Å². The van der Waals surface area contributed by atoms with E-state index in [9.17, 15) is 0 Å². The molecule has 4 aromatic rings. The van der Waals surface area contributed by atoms with Gasteiger partial charge in [0, 0.05) is 0 Å². The van der Waals surface area contributed by atoms with Gasteiger partial charge in [-0.2, -0.15) is 0 Å². The van der Waals surface area contributed by atoms with Crippen molar-refractivity contribution < 1.29 is 13.3 Å². The lowest BCUT2D eigenvalue weighted by molar-refractivity contribution is 0.436. The van der Waals surface area contributed by atoms with Gasteiger partial charge in [0.2, 0.25) is 0 Å². The molecule has 4 heteroatoms. The van der Waals surface area contributed by atoms with Crippen LogP contribution in [-0.4, -0.2) is 13.3 Å². The molecule has 152 valence electrons. The molecular formula is C26H23O3S-. The summed E-state index contributed by atoms with van der Waals surface area (Å²) in [6.45, 7) is 0. The van der Waals surface area contributed by atoms with Gasteiger partial charge in [-0.3, -0.25) is 0 Å². The summed E-state index contributed by atoms with van der Waals surface area (Å²) in [5, 5.41) is 0. The van der Waals surface area contributed by atoms with E-state index in [2.05, 4.69) is 84.9 Å². The molecule has 0 radical (unpaired) electrons. The fraction of sp³-hybridized carbons (Fsp3) is 0. The van der Waals surface area contributed by atoms with Crippen LogP contribution in [0.4, 0.5) is 0 Å². The van der Waals surface area contributed by atoms with Crippen LogP contribution >= 0.6 is 0 Å². The van der Waals surface area contributed by atoms with Gasteiger partial charge in [0.05, 0.1) is 11.4 Å². The second-order valence-electron chi connectivity index (χ2n) is 6.10. The molecule has 0 bridgehead atoms. The maximum atomic E-state index is 8.56. The summed E-state index contributed by atoms with van der Waals surface area (Å²) in [4.78, 5) is 0. The van der Waals surface area contributed by atoms with Crippen molar-refractivity contribution in [2.75, 3.05) is 0 Å². The first-order chi connectivity index (χ1) is 14.6. The first-order valence-electron chi connectivity index (χ1n) is 9.32. The van der Waals surface area contributed by atoms with E-state index in [0.29, 0.717) is 0 Å². The lowest BCUT2D eigenvalue weighted by Crippen LogP contribution is -1.75. The van der Waals surface area contributed by atoms with E-state index in [-0.39, 0.29) is 0 Å². The van der Waals surface area contributed by atoms with Crippen LogP contribution in [0.3, 0.4) is 0 Å². The average molecular weight is 416 g/mol. The minimum absolute atomic E-state index is 1.23. The molecule has 0 aliphatic rings. The minimum atomic E-state index is -2.86. The Morgan fingerprint density at radius 3 is 1.03 bits per heavy atom. The van der Waals surface area contributed by atoms with Crippen molar-refractivity contribution in [3.63, 3.8) is 0 Å². The smallest absolute Gasteiger partial charge is 0.0814 e. The van der Waals surface area contributed by atoms with Crippen molar-refractivity contribution in [2.24, 2.45) is 0 Å². The SMILES string of the molecule is C(=Cc1ccccc1)c1ccccc1.O=S([O-])O.c1ccc(-c2ccccc2)cc1. The fourth-order valence-corrected chi connectivity index (χ4v) is 2.58. The normalized spacial score (nSPS) is 10.9. The highest BCUT2D eigenvalue weighted by atomic mass is 32.2. The maximum Gasteiger partial charge on any atom is 0.0814 e. The summed E-state index contributed by atoms with van der Waals surface area (Å²) in [5.74, 6) is 0. The first kappa shape index (κ1) is 23.0. The Labute approximate surface area is 180 Å². The van der Waals surface area contributed by atoms with Crippen LogP contribution in [-0.2, 0) is 11.4 Å². The molecule has 0 heterocycles. The van der Waals surface area contributed by atoms with E-state index >= 15 is 0 Å². The standard InChI is InChI=1S/C14H12.C12H10.H2O3S/c1-3-7-13(8-4-1)11-12-14-9-5-2-6-10-14;1-3-7-11(8-4-1)12-9-5-2-6-10-12;1-4(2)3/h1-12H;1-10H;(H2,1,2,3)/p-1. The van der Waals surface area contributed by atoms with E-state index in [1.54, 1.807) is 0 Å². The number of hydrogen-bond acceptors (Lipinski definition) is 2. The van der Waals surface area contributed by atoms with Gasteiger partial charge in [0.15, 0.2) is 0 Å². The Hall–Kier alpha value is -3.31. The van der Waals surface area contributed by atoms with Crippen LogP contribution < -0.4 is 0 Å². The summed E-state index contributed by atoms with van der Waals surface area (Å²) in [6, 6.07) is 41.4. The summed E-state index contributed by atoms with van der Waals surface area (Å²) >= 11 is -2.86. The topological polar surface area (TPSA) is 60.4 Å². The van der Waals surface area contributed by atoms with Gasteiger partial charge in [-0.15, -0.1) is 0 Å². The average Bonchev–Trinajstić information content (AvgIpc) is 2.80. The van der Waals surface area contributed by atoms with Gasteiger partial charge >= 0.3 is 0 Å². The van der Waals surface area contributed by atoms with Crippen LogP contribution in [0.15, 0.2) is 121 Å². The molecule has 0 aliphatic carbocycles. The molecule has 1 N–H and O–H groups in total. The van der Waals surface area contributed by atoms with Crippen LogP contribution in [0.5, 0.6) is 0 Å². The highest BCUT2D eigenvalue weighted by molar-refractivity contribution is 7.73. The van der Waals surface area contributed by atoms with E-state index < -0.39 is 11.4 Å². The lowest BCUT2D eigenvalue weighted by Gasteiger charge is -1.98.